The van der Waals surface area contributed by atoms with Crippen LogP contribution in [0.5, 0.6) is 0 Å². The molecule has 2 amide bonds. The third-order valence-electron chi connectivity index (χ3n) is 2.95. The molecule has 126 valence electrons. The number of esters is 1. The second-order valence-corrected chi connectivity index (χ2v) is 4.33. The van der Waals surface area contributed by atoms with Crippen LogP contribution in [0.4, 0.5) is 11.4 Å². The molecule has 2 aromatic rings. The predicted molar refractivity (Wildman–Crippen MR) is 93.2 cm³/mol. The zero-order valence-electron chi connectivity index (χ0n) is 13.8. The number of methoxy groups -OCH3 is 1. The average molecular weight is 328 g/mol. The first-order chi connectivity index (χ1) is 11.7. The van der Waals surface area contributed by atoms with Gasteiger partial charge in [0, 0.05) is 11.3 Å². The largest absolute Gasteiger partial charge is 0.465 e. The number of nitrogens with one attached hydrogen (secondary N) is 2. The lowest BCUT2D eigenvalue weighted by atomic mass is 10.1. The summed E-state index contributed by atoms with van der Waals surface area (Å²) in [6.07, 6.45) is 0.557. The molecule has 0 saturated heterocycles. The van der Waals surface area contributed by atoms with Crippen molar-refractivity contribution < 1.29 is 19.1 Å². The molecule has 0 aliphatic heterocycles. The Hall–Kier alpha value is -3.15. The zero-order valence-corrected chi connectivity index (χ0v) is 13.8. The van der Waals surface area contributed by atoms with Crippen molar-refractivity contribution in [2.45, 2.75) is 13.8 Å². The van der Waals surface area contributed by atoms with Crippen molar-refractivity contribution in [3.05, 3.63) is 59.7 Å². The van der Waals surface area contributed by atoms with Crippen LogP contribution in [0.25, 0.3) is 0 Å². The highest BCUT2D eigenvalue weighted by Crippen LogP contribution is 2.18. The first kappa shape index (κ1) is 18.9. The van der Waals surface area contributed by atoms with E-state index in [1.807, 2.05) is 13.8 Å². The summed E-state index contributed by atoms with van der Waals surface area (Å²) in [6, 6.07) is 12.9. The van der Waals surface area contributed by atoms with Crippen molar-refractivity contribution in [3.63, 3.8) is 0 Å². The molecule has 0 aliphatic carbocycles. The Bertz CT molecular complexity index is 696. The van der Waals surface area contributed by atoms with Crippen molar-refractivity contribution in [2.75, 3.05) is 17.7 Å². The van der Waals surface area contributed by atoms with Crippen LogP contribution in [-0.2, 0) is 9.53 Å². The average Bonchev–Trinajstić information content (AvgIpc) is 2.64. The fourth-order valence-corrected chi connectivity index (χ4v) is 1.86. The molecular weight excluding hydrogens is 308 g/mol. The Morgan fingerprint density at radius 3 is 2.21 bits per heavy atom. The van der Waals surface area contributed by atoms with Gasteiger partial charge in [0.25, 0.3) is 5.91 Å². The van der Waals surface area contributed by atoms with Crippen LogP contribution in [0.15, 0.2) is 48.5 Å². The maximum atomic E-state index is 12.2. The van der Waals surface area contributed by atoms with E-state index in [-0.39, 0.29) is 11.5 Å². The highest BCUT2D eigenvalue weighted by atomic mass is 16.5. The molecule has 0 radical (unpaired) electrons. The van der Waals surface area contributed by atoms with Gasteiger partial charge in [-0.2, -0.15) is 0 Å². The molecular formula is C18H20N2O4. The molecule has 0 aromatic heterocycles. The number of hydrogen-bond acceptors (Lipinski definition) is 4. The number of rotatable bonds is 5. The van der Waals surface area contributed by atoms with Crippen molar-refractivity contribution >= 4 is 29.7 Å². The van der Waals surface area contributed by atoms with Crippen LogP contribution in [0, 0.1) is 0 Å². The normalized spacial score (nSPS) is 9.12. The highest BCUT2D eigenvalue weighted by Gasteiger charge is 2.14. The summed E-state index contributed by atoms with van der Waals surface area (Å²) in [7, 11) is 1.28. The molecule has 0 heterocycles. The number of para-hydroxylation sites is 1. The molecule has 2 aromatic carbocycles. The number of carbonyl (C=O) groups excluding carboxylic acids is 3. The zero-order chi connectivity index (χ0) is 17.9. The molecule has 0 unspecified atom stereocenters. The van der Waals surface area contributed by atoms with Gasteiger partial charge in [0.2, 0.25) is 6.41 Å². The van der Waals surface area contributed by atoms with E-state index in [0.717, 1.165) is 0 Å². The summed E-state index contributed by atoms with van der Waals surface area (Å²) in [4.78, 5) is 34.2. The van der Waals surface area contributed by atoms with Crippen LogP contribution in [-0.4, -0.2) is 25.4 Å². The number of amides is 2. The molecule has 0 bridgehead atoms. The van der Waals surface area contributed by atoms with E-state index < -0.39 is 5.97 Å². The lowest BCUT2D eigenvalue weighted by molar-refractivity contribution is -0.105. The van der Waals surface area contributed by atoms with E-state index in [4.69, 9.17) is 0 Å². The fraction of sp³-hybridized carbons (Fsp3) is 0.167. The predicted octanol–water partition coefficient (Wildman–Crippen LogP) is 3.32. The van der Waals surface area contributed by atoms with Crippen molar-refractivity contribution in [3.8, 4) is 0 Å². The van der Waals surface area contributed by atoms with Gasteiger partial charge in [-0.05, 0) is 36.4 Å². The molecule has 0 fully saturated rings. The monoisotopic (exact) mass is 328 g/mol. The minimum atomic E-state index is -0.526. The van der Waals surface area contributed by atoms with Crippen LogP contribution in [0.2, 0.25) is 0 Å². The first-order valence-electron chi connectivity index (χ1n) is 7.44. The molecule has 6 heteroatoms. The van der Waals surface area contributed by atoms with Crippen LogP contribution >= 0.6 is 0 Å². The number of hydrogen-bond donors (Lipinski definition) is 2. The number of anilines is 2. The van der Waals surface area contributed by atoms with Crippen LogP contribution in [0.3, 0.4) is 0 Å². The van der Waals surface area contributed by atoms with Crippen molar-refractivity contribution in [1.82, 2.24) is 0 Å². The van der Waals surface area contributed by atoms with Crippen molar-refractivity contribution in [1.29, 1.82) is 0 Å². The van der Waals surface area contributed by atoms with Gasteiger partial charge in [-0.1, -0.05) is 26.0 Å². The number of ether oxygens (including phenoxy) is 1. The van der Waals surface area contributed by atoms with Gasteiger partial charge in [-0.25, -0.2) is 4.79 Å². The molecule has 0 saturated carbocycles. The highest BCUT2D eigenvalue weighted by molar-refractivity contribution is 6.08. The number of carbonyl (C=O) groups is 3. The lowest BCUT2D eigenvalue weighted by Crippen LogP contribution is -2.15. The molecule has 2 N–H and O–H groups in total. The Morgan fingerprint density at radius 2 is 1.62 bits per heavy atom. The van der Waals surface area contributed by atoms with Gasteiger partial charge in [-0.15, -0.1) is 0 Å². The second kappa shape index (κ2) is 9.78. The Kier molecular flexibility index (Phi) is 7.70. The van der Waals surface area contributed by atoms with E-state index in [1.165, 1.54) is 7.11 Å². The van der Waals surface area contributed by atoms with E-state index in [2.05, 4.69) is 15.4 Å². The topological polar surface area (TPSA) is 84.5 Å². The van der Waals surface area contributed by atoms with Crippen LogP contribution in [0.1, 0.15) is 34.6 Å². The summed E-state index contributed by atoms with van der Waals surface area (Å²) < 4.78 is 4.68. The quantitative estimate of drug-likeness (QED) is 0.651. The van der Waals surface area contributed by atoms with Gasteiger partial charge in [0.1, 0.15) is 0 Å². The molecule has 0 atom stereocenters. The molecule has 2 rings (SSSR count). The molecule has 6 nitrogen and oxygen atoms in total. The van der Waals surface area contributed by atoms with Gasteiger partial charge in [0.15, 0.2) is 0 Å². The van der Waals surface area contributed by atoms with Crippen molar-refractivity contribution in [2.24, 2.45) is 0 Å². The summed E-state index contributed by atoms with van der Waals surface area (Å²) >= 11 is 0. The summed E-state index contributed by atoms with van der Waals surface area (Å²) in [5, 5.41) is 5.15. The third kappa shape index (κ3) is 4.95. The van der Waals surface area contributed by atoms with E-state index >= 15 is 0 Å². The van der Waals surface area contributed by atoms with Gasteiger partial charge in [0.05, 0.1) is 18.4 Å². The number of benzene rings is 2. The lowest BCUT2D eigenvalue weighted by Gasteiger charge is -2.10. The first-order valence-corrected chi connectivity index (χ1v) is 7.44. The Labute approximate surface area is 140 Å². The summed E-state index contributed by atoms with van der Waals surface area (Å²) in [5.74, 6) is -0.893. The molecule has 0 aliphatic rings. The van der Waals surface area contributed by atoms with Gasteiger partial charge >= 0.3 is 5.97 Å². The van der Waals surface area contributed by atoms with E-state index in [1.54, 1.807) is 48.5 Å². The third-order valence-corrected chi connectivity index (χ3v) is 2.95. The minimum absolute atomic E-state index is 0.276. The Morgan fingerprint density at radius 1 is 1.00 bits per heavy atom. The second-order valence-electron chi connectivity index (χ2n) is 4.33. The Balaban J connectivity index is 0.00000139. The molecule has 0 spiro atoms. The summed E-state index contributed by atoms with van der Waals surface area (Å²) in [5.41, 5.74) is 1.63. The van der Waals surface area contributed by atoms with E-state index in [0.29, 0.717) is 23.3 Å². The van der Waals surface area contributed by atoms with E-state index in [9.17, 15) is 14.4 Å². The van der Waals surface area contributed by atoms with Gasteiger partial charge in [-0.3, -0.25) is 9.59 Å². The maximum absolute atomic E-state index is 12.2. The summed E-state index contributed by atoms with van der Waals surface area (Å²) in [6.45, 7) is 4.00. The minimum Gasteiger partial charge on any atom is -0.465 e. The SMILES string of the molecule is CC.COC(=O)c1ccccc1NC(=O)c1ccc(NC=O)cc1. The smallest absolute Gasteiger partial charge is 0.339 e. The maximum Gasteiger partial charge on any atom is 0.339 e. The fourth-order valence-electron chi connectivity index (χ4n) is 1.86. The molecule has 24 heavy (non-hydrogen) atoms. The standard InChI is InChI=1S/C16H14N2O4.C2H6/c1-22-16(21)13-4-2-3-5-14(13)18-15(20)11-6-8-12(9-7-11)17-10-19;1-2/h2-10H,1H3,(H,17,19)(H,18,20);1-2H3. The van der Waals surface area contributed by atoms with Crippen LogP contribution < -0.4 is 10.6 Å². The van der Waals surface area contributed by atoms with Gasteiger partial charge < -0.3 is 15.4 Å².